The highest BCUT2D eigenvalue weighted by Crippen LogP contribution is 2.23. The van der Waals surface area contributed by atoms with E-state index in [1.165, 1.54) is 12.1 Å². The Labute approximate surface area is 166 Å². The van der Waals surface area contributed by atoms with Gasteiger partial charge in [-0.3, -0.25) is 9.59 Å². The second kappa shape index (κ2) is 8.21. The Morgan fingerprint density at radius 2 is 1.71 bits per heavy atom. The zero-order chi connectivity index (χ0) is 20.5. The number of rotatable bonds is 6. The number of amides is 2. The number of piperidine rings is 1. The number of nitrogens with zero attached hydrogens (tertiary/aromatic N) is 1. The largest absolute Gasteiger partial charge is 0.349 e. The third kappa shape index (κ3) is 4.91. The molecule has 1 saturated carbocycles. The molecule has 2 amide bonds. The van der Waals surface area contributed by atoms with Crippen molar-refractivity contribution < 1.29 is 18.0 Å². The lowest BCUT2D eigenvalue weighted by Crippen LogP contribution is -2.47. The van der Waals surface area contributed by atoms with Crippen LogP contribution in [-0.4, -0.2) is 50.3 Å². The minimum atomic E-state index is -3.60. The highest BCUT2D eigenvalue weighted by molar-refractivity contribution is 7.89. The van der Waals surface area contributed by atoms with Crippen molar-refractivity contribution in [3.8, 4) is 0 Å². The molecule has 7 nitrogen and oxygen atoms in total. The van der Waals surface area contributed by atoms with E-state index in [0.29, 0.717) is 31.5 Å². The molecule has 8 heteroatoms. The van der Waals surface area contributed by atoms with Crippen LogP contribution in [0.25, 0.3) is 0 Å². The maximum Gasteiger partial charge on any atom is 0.251 e. The van der Waals surface area contributed by atoms with Crippen molar-refractivity contribution in [3.63, 3.8) is 0 Å². The standard InChI is InChI=1S/C20H29N3O4S/c1-13(2)20(25)23-10-8-15(9-11-23)21-19(24)18-12-17(7-4-14(18)3)28(26,27)22-16-5-6-16/h4,7,12-13,15-16,22H,5-6,8-11H2,1-3H3,(H,21,24). The Balaban J connectivity index is 1.64. The van der Waals surface area contributed by atoms with Crippen LogP contribution in [0.5, 0.6) is 0 Å². The predicted molar refractivity (Wildman–Crippen MR) is 106 cm³/mol. The summed E-state index contributed by atoms with van der Waals surface area (Å²) in [4.78, 5) is 26.8. The van der Waals surface area contributed by atoms with E-state index < -0.39 is 10.0 Å². The number of likely N-dealkylation sites (tertiary alicyclic amines) is 1. The molecule has 3 rings (SSSR count). The first kappa shape index (κ1) is 20.8. The van der Waals surface area contributed by atoms with Gasteiger partial charge in [0.2, 0.25) is 15.9 Å². The molecule has 0 unspecified atom stereocenters. The van der Waals surface area contributed by atoms with Crippen molar-refractivity contribution >= 4 is 21.8 Å². The molecule has 28 heavy (non-hydrogen) atoms. The summed E-state index contributed by atoms with van der Waals surface area (Å²) in [7, 11) is -3.60. The minimum Gasteiger partial charge on any atom is -0.349 e. The molecule has 0 atom stereocenters. The summed E-state index contributed by atoms with van der Waals surface area (Å²) >= 11 is 0. The topological polar surface area (TPSA) is 95.6 Å². The number of carbonyl (C=O) groups is 2. The van der Waals surface area contributed by atoms with Crippen LogP contribution in [0.15, 0.2) is 23.1 Å². The molecule has 154 valence electrons. The first-order chi connectivity index (χ1) is 13.2. The van der Waals surface area contributed by atoms with Crippen LogP contribution in [-0.2, 0) is 14.8 Å². The zero-order valence-electron chi connectivity index (χ0n) is 16.7. The zero-order valence-corrected chi connectivity index (χ0v) is 17.5. The molecule has 0 bridgehead atoms. The Kier molecular flexibility index (Phi) is 6.09. The second-order valence-corrected chi connectivity index (χ2v) is 9.81. The number of benzene rings is 1. The van der Waals surface area contributed by atoms with Gasteiger partial charge in [0.1, 0.15) is 0 Å². The number of nitrogens with one attached hydrogen (secondary N) is 2. The number of aryl methyl sites for hydroxylation is 1. The molecule has 1 aromatic carbocycles. The lowest BCUT2D eigenvalue weighted by Gasteiger charge is -2.33. The van der Waals surface area contributed by atoms with Gasteiger partial charge in [-0.15, -0.1) is 0 Å². The third-order valence-electron chi connectivity index (χ3n) is 5.30. The Hall–Kier alpha value is -1.93. The van der Waals surface area contributed by atoms with Crippen molar-refractivity contribution in [3.05, 3.63) is 29.3 Å². The van der Waals surface area contributed by atoms with Gasteiger partial charge in [0.25, 0.3) is 5.91 Å². The molecule has 1 aliphatic carbocycles. The second-order valence-electron chi connectivity index (χ2n) is 8.10. The van der Waals surface area contributed by atoms with Gasteiger partial charge >= 0.3 is 0 Å². The van der Waals surface area contributed by atoms with Gasteiger partial charge in [-0.05, 0) is 50.3 Å². The lowest BCUT2D eigenvalue weighted by atomic mass is 10.0. The first-order valence-corrected chi connectivity index (χ1v) is 11.4. The Bertz CT molecular complexity index is 854. The molecule has 2 N–H and O–H groups in total. The summed E-state index contributed by atoms with van der Waals surface area (Å²) in [5, 5.41) is 3.00. The van der Waals surface area contributed by atoms with Gasteiger partial charge in [0.05, 0.1) is 4.90 Å². The van der Waals surface area contributed by atoms with E-state index in [-0.39, 0.29) is 34.7 Å². The van der Waals surface area contributed by atoms with Gasteiger partial charge in [-0.2, -0.15) is 0 Å². The Morgan fingerprint density at radius 3 is 2.29 bits per heavy atom. The van der Waals surface area contributed by atoms with E-state index in [2.05, 4.69) is 10.0 Å². The summed E-state index contributed by atoms with van der Waals surface area (Å²) < 4.78 is 27.5. The maximum absolute atomic E-state index is 12.8. The van der Waals surface area contributed by atoms with Gasteiger partial charge < -0.3 is 10.2 Å². The summed E-state index contributed by atoms with van der Waals surface area (Å²) in [5.41, 5.74) is 1.11. The van der Waals surface area contributed by atoms with E-state index in [9.17, 15) is 18.0 Å². The van der Waals surface area contributed by atoms with Gasteiger partial charge in [-0.25, -0.2) is 13.1 Å². The fourth-order valence-electron chi connectivity index (χ4n) is 3.37. The fourth-order valence-corrected chi connectivity index (χ4v) is 4.70. The number of sulfonamides is 1. The molecule has 1 heterocycles. The first-order valence-electron chi connectivity index (χ1n) is 9.90. The predicted octanol–water partition coefficient (Wildman–Crippen LogP) is 1.81. The van der Waals surface area contributed by atoms with Crippen LogP contribution in [0.3, 0.4) is 0 Å². The van der Waals surface area contributed by atoms with Crippen LogP contribution in [0.4, 0.5) is 0 Å². The molecule has 1 aromatic rings. The number of hydrogen-bond acceptors (Lipinski definition) is 4. The molecular formula is C20H29N3O4S. The van der Waals surface area contributed by atoms with Crippen molar-refractivity contribution in [2.45, 2.75) is 63.4 Å². The SMILES string of the molecule is Cc1ccc(S(=O)(=O)NC2CC2)cc1C(=O)NC1CCN(C(=O)C(C)C)CC1. The van der Waals surface area contributed by atoms with Crippen molar-refractivity contribution in [2.75, 3.05) is 13.1 Å². The minimum absolute atomic E-state index is 0.0160. The molecule has 0 aromatic heterocycles. The highest BCUT2D eigenvalue weighted by Gasteiger charge is 2.29. The normalized spacial score (nSPS) is 18.4. The third-order valence-corrected chi connectivity index (χ3v) is 6.82. The van der Waals surface area contributed by atoms with Crippen LogP contribution < -0.4 is 10.0 Å². The quantitative estimate of drug-likeness (QED) is 0.752. The maximum atomic E-state index is 12.8. The van der Waals surface area contributed by atoms with E-state index in [1.807, 2.05) is 18.7 Å². The van der Waals surface area contributed by atoms with Crippen molar-refractivity contribution in [1.82, 2.24) is 14.9 Å². The van der Waals surface area contributed by atoms with E-state index >= 15 is 0 Å². The highest BCUT2D eigenvalue weighted by atomic mass is 32.2. The van der Waals surface area contributed by atoms with Crippen LogP contribution in [0.2, 0.25) is 0 Å². The van der Waals surface area contributed by atoms with Crippen molar-refractivity contribution in [1.29, 1.82) is 0 Å². The lowest BCUT2D eigenvalue weighted by molar-refractivity contribution is -0.135. The summed E-state index contributed by atoms with van der Waals surface area (Å²) in [5.74, 6) is -0.154. The molecule has 1 aliphatic heterocycles. The van der Waals surface area contributed by atoms with Gasteiger partial charge in [-0.1, -0.05) is 19.9 Å². The summed E-state index contributed by atoms with van der Waals surface area (Å²) in [6, 6.07) is 4.65. The molecule has 2 aliphatic rings. The van der Waals surface area contributed by atoms with E-state index in [1.54, 1.807) is 13.0 Å². The Morgan fingerprint density at radius 1 is 1.07 bits per heavy atom. The molecule has 2 fully saturated rings. The summed E-state index contributed by atoms with van der Waals surface area (Å²) in [6.07, 6.45) is 3.11. The molecule has 0 spiro atoms. The van der Waals surface area contributed by atoms with Gasteiger partial charge in [0.15, 0.2) is 0 Å². The van der Waals surface area contributed by atoms with Gasteiger partial charge in [0, 0.05) is 36.7 Å². The van der Waals surface area contributed by atoms with E-state index in [4.69, 9.17) is 0 Å². The smallest absolute Gasteiger partial charge is 0.251 e. The van der Waals surface area contributed by atoms with Crippen molar-refractivity contribution in [2.24, 2.45) is 5.92 Å². The summed E-state index contributed by atoms with van der Waals surface area (Å²) in [6.45, 7) is 6.82. The van der Waals surface area contributed by atoms with E-state index in [0.717, 1.165) is 18.4 Å². The average Bonchev–Trinajstić information content (AvgIpc) is 3.45. The molecular weight excluding hydrogens is 378 g/mol. The average molecular weight is 408 g/mol. The van der Waals surface area contributed by atoms with Crippen LogP contribution in [0.1, 0.15) is 55.5 Å². The van der Waals surface area contributed by atoms with Crippen LogP contribution >= 0.6 is 0 Å². The fraction of sp³-hybridized carbons (Fsp3) is 0.600. The number of carbonyl (C=O) groups excluding carboxylic acids is 2. The molecule has 0 radical (unpaired) electrons. The number of hydrogen-bond donors (Lipinski definition) is 2. The molecule has 1 saturated heterocycles. The van der Waals surface area contributed by atoms with Crippen LogP contribution in [0, 0.1) is 12.8 Å². The monoisotopic (exact) mass is 407 g/mol.